The Balaban J connectivity index is 4.15. The molecule has 1 atom stereocenters. The molecule has 1 unspecified atom stereocenters. The van der Waals surface area contributed by atoms with Crippen LogP contribution in [0.3, 0.4) is 0 Å². The smallest absolute Gasteiger partial charge is 0.306 e. The molecule has 0 aliphatic carbocycles. The predicted molar refractivity (Wildman–Crippen MR) is 358 cm³/mol. The van der Waals surface area contributed by atoms with Crippen LogP contribution in [0.25, 0.3) is 0 Å². The minimum Gasteiger partial charge on any atom is -0.462 e. The summed E-state index contributed by atoms with van der Waals surface area (Å²) in [6.07, 6.45) is 87.0. The molecule has 0 N–H and O–H groups in total. The van der Waals surface area contributed by atoms with Gasteiger partial charge in [0.2, 0.25) is 0 Å². The molecule has 6 nitrogen and oxygen atoms in total. The number of carbonyl (C=O) groups excluding carboxylic acids is 3. The fourth-order valence-electron chi connectivity index (χ4n) is 11.9. The van der Waals surface area contributed by atoms with Gasteiger partial charge in [-0.1, -0.05) is 386 Å². The first-order valence-corrected chi connectivity index (χ1v) is 37.7. The molecule has 6 heteroatoms. The number of hydrogen-bond donors (Lipinski definition) is 0. The van der Waals surface area contributed by atoms with Gasteiger partial charge in [-0.15, -0.1) is 0 Å². The van der Waals surface area contributed by atoms with Crippen LogP contribution in [0.4, 0.5) is 0 Å². The van der Waals surface area contributed by atoms with Crippen LogP contribution in [0.2, 0.25) is 0 Å². The van der Waals surface area contributed by atoms with E-state index in [1.54, 1.807) is 0 Å². The lowest BCUT2D eigenvalue weighted by molar-refractivity contribution is -0.167. The number of carbonyl (C=O) groups is 3. The number of ether oxygens (including phenoxy) is 3. The summed E-state index contributed by atoms with van der Waals surface area (Å²) in [5.41, 5.74) is 0. The molecular formula is C76H146O6. The Morgan fingerprint density at radius 3 is 0.622 bits per heavy atom. The minimum absolute atomic E-state index is 0.0655. The van der Waals surface area contributed by atoms with E-state index in [4.69, 9.17) is 14.2 Å². The van der Waals surface area contributed by atoms with Crippen LogP contribution in [0.5, 0.6) is 0 Å². The topological polar surface area (TPSA) is 78.9 Å². The summed E-state index contributed by atoms with van der Waals surface area (Å²) in [6, 6.07) is 0. The fraction of sp³-hybridized carbons (Fsp3) is 0.934. The Morgan fingerprint density at radius 1 is 0.232 bits per heavy atom. The van der Waals surface area contributed by atoms with Crippen molar-refractivity contribution in [2.45, 2.75) is 444 Å². The van der Waals surface area contributed by atoms with Crippen molar-refractivity contribution in [3.8, 4) is 0 Å². The molecule has 0 rings (SSSR count). The molecule has 0 saturated carbocycles. The largest absolute Gasteiger partial charge is 0.462 e. The van der Waals surface area contributed by atoms with E-state index in [9.17, 15) is 14.4 Å². The molecule has 0 saturated heterocycles. The van der Waals surface area contributed by atoms with Crippen molar-refractivity contribution in [3.05, 3.63) is 12.2 Å². The van der Waals surface area contributed by atoms with E-state index in [1.165, 1.54) is 334 Å². The van der Waals surface area contributed by atoms with Crippen molar-refractivity contribution < 1.29 is 28.6 Å². The lowest BCUT2D eigenvalue weighted by Crippen LogP contribution is -2.30. The molecule has 0 heterocycles. The second-order valence-corrected chi connectivity index (χ2v) is 25.9. The maximum Gasteiger partial charge on any atom is 0.306 e. The highest BCUT2D eigenvalue weighted by Gasteiger charge is 2.20. The highest BCUT2D eigenvalue weighted by atomic mass is 16.6. The van der Waals surface area contributed by atoms with E-state index in [1.807, 2.05) is 0 Å². The van der Waals surface area contributed by atoms with E-state index >= 15 is 0 Å². The van der Waals surface area contributed by atoms with Gasteiger partial charge in [0.25, 0.3) is 0 Å². The number of allylic oxidation sites excluding steroid dienone is 2. The number of esters is 3. The average Bonchev–Trinajstić information content (AvgIpc) is 3.48. The minimum atomic E-state index is -0.770. The molecular weight excluding hydrogens is 1010 g/mol. The molecule has 82 heavy (non-hydrogen) atoms. The lowest BCUT2D eigenvalue weighted by Gasteiger charge is -2.18. The van der Waals surface area contributed by atoms with Crippen molar-refractivity contribution in [1.29, 1.82) is 0 Å². The third kappa shape index (κ3) is 68.9. The van der Waals surface area contributed by atoms with Gasteiger partial charge in [-0.05, 0) is 44.9 Å². The molecule has 0 bridgehead atoms. The van der Waals surface area contributed by atoms with Crippen molar-refractivity contribution in [2.24, 2.45) is 0 Å². The van der Waals surface area contributed by atoms with Gasteiger partial charge in [-0.2, -0.15) is 0 Å². The number of hydrogen-bond acceptors (Lipinski definition) is 6. The number of rotatable bonds is 71. The van der Waals surface area contributed by atoms with Gasteiger partial charge in [-0.3, -0.25) is 14.4 Å². The highest BCUT2D eigenvalue weighted by molar-refractivity contribution is 5.71. The van der Waals surface area contributed by atoms with Crippen molar-refractivity contribution in [1.82, 2.24) is 0 Å². The maximum atomic E-state index is 13.0. The summed E-state index contributed by atoms with van der Waals surface area (Å²) in [6.45, 7) is 6.72. The van der Waals surface area contributed by atoms with E-state index in [-0.39, 0.29) is 31.1 Å². The van der Waals surface area contributed by atoms with Crippen LogP contribution >= 0.6 is 0 Å². The Labute approximate surface area is 513 Å². The SMILES string of the molecule is CCCCCC/C=C\CCCCCCCC(=O)OCC(COC(=O)CCCCCCCCCCCCCCCCCCCCCCCCCCCCCCC)OC(=O)CCCCCCCCCCCCCCCCCCCCCCCC. The van der Waals surface area contributed by atoms with Crippen LogP contribution in [-0.2, 0) is 28.6 Å². The first-order valence-electron chi connectivity index (χ1n) is 37.7. The number of unbranched alkanes of at least 4 members (excludes halogenated alkanes) is 58. The zero-order chi connectivity index (χ0) is 59.2. The Morgan fingerprint density at radius 2 is 0.402 bits per heavy atom. The second kappa shape index (κ2) is 71.6. The molecule has 0 radical (unpaired) electrons. The quantitative estimate of drug-likeness (QED) is 0.0261. The summed E-state index contributed by atoms with van der Waals surface area (Å²) in [5, 5.41) is 0. The van der Waals surface area contributed by atoms with Crippen LogP contribution in [0.1, 0.15) is 438 Å². The average molecular weight is 1160 g/mol. The monoisotopic (exact) mass is 1160 g/mol. The second-order valence-electron chi connectivity index (χ2n) is 25.9. The zero-order valence-electron chi connectivity index (χ0n) is 56.1. The van der Waals surface area contributed by atoms with Gasteiger partial charge in [0, 0.05) is 19.3 Å². The predicted octanol–water partition coefficient (Wildman–Crippen LogP) is 26.0. The van der Waals surface area contributed by atoms with Gasteiger partial charge in [0.05, 0.1) is 0 Å². The third-order valence-corrected chi connectivity index (χ3v) is 17.5. The Kier molecular flexibility index (Phi) is 70.0. The van der Waals surface area contributed by atoms with Gasteiger partial charge in [0.1, 0.15) is 13.2 Å². The van der Waals surface area contributed by atoms with Crippen molar-refractivity contribution in [3.63, 3.8) is 0 Å². The van der Waals surface area contributed by atoms with Crippen molar-refractivity contribution in [2.75, 3.05) is 13.2 Å². The Hall–Kier alpha value is -1.85. The molecule has 0 aromatic rings. The first kappa shape index (κ1) is 80.2. The molecule has 486 valence electrons. The lowest BCUT2D eigenvalue weighted by atomic mass is 10.0. The zero-order valence-corrected chi connectivity index (χ0v) is 56.1. The molecule has 0 fully saturated rings. The normalized spacial score (nSPS) is 12.0. The highest BCUT2D eigenvalue weighted by Crippen LogP contribution is 2.20. The molecule has 0 spiro atoms. The summed E-state index contributed by atoms with van der Waals surface area (Å²) >= 11 is 0. The van der Waals surface area contributed by atoms with E-state index in [0.29, 0.717) is 19.3 Å². The molecule has 0 aromatic heterocycles. The van der Waals surface area contributed by atoms with Gasteiger partial charge >= 0.3 is 17.9 Å². The van der Waals surface area contributed by atoms with Crippen molar-refractivity contribution >= 4 is 17.9 Å². The van der Waals surface area contributed by atoms with E-state index in [0.717, 1.165) is 64.2 Å². The van der Waals surface area contributed by atoms with E-state index in [2.05, 4.69) is 32.9 Å². The van der Waals surface area contributed by atoms with Crippen LogP contribution in [-0.4, -0.2) is 37.2 Å². The third-order valence-electron chi connectivity index (χ3n) is 17.5. The van der Waals surface area contributed by atoms with Crippen LogP contribution in [0.15, 0.2) is 12.2 Å². The Bertz CT molecular complexity index is 1280. The van der Waals surface area contributed by atoms with Crippen LogP contribution < -0.4 is 0 Å². The fourth-order valence-corrected chi connectivity index (χ4v) is 11.9. The summed E-state index contributed by atoms with van der Waals surface area (Å²) < 4.78 is 17.0. The summed E-state index contributed by atoms with van der Waals surface area (Å²) in [4.78, 5) is 38.5. The first-order chi connectivity index (χ1) is 40.5. The van der Waals surface area contributed by atoms with E-state index < -0.39 is 6.10 Å². The standard InChI is InChI=1S/C76H146O6/c1-4-7-10-13-16-19-22-25-27-29-31-33-35-36-37-38-39-40-41-43-44-46-48-51-54-57-60-63-66-69-75(78)81-72-73(71-80-74(77)68-65-62-59-56-53-50-24-21-18-15-12-9-6-3)82-76(79)70-67-64-61-58-55-52-49-47-45-42-34-32-30-28-26-23-20-17-14-11-8-5-2/h21,24,73H,4-20,22-23,25-72H2,1-3H3/b24-21-. The summed E-state index contributed by atoms with van der Waals surface area (Å²) in [7, 11) is 0. The molecule has 0 amide bonds. The van der Waals surface area contributed by atoms with Gasteiger partial charge in [0.15, 0.2) is 6.10 Å². The van der Waals surface area contributed by atoms with Gasteiger partial charge < -0.3 is 14.2 Å². The molecule has 0 aromatic carbocycles. The van der Waals surface area contributed by atoms with Gasteiger partial charge in [-0.25, -0.2) is 0 Å². The van der Waals surface area contributed by atoms with Crippen LogP contribution in [0, 0.1) is 0 Å². The molecule has 0 aliphatic heterocycles. The maximum absolute atomic E-state index is 13.0. The summed E-state index contributed by atoms with van der Waals surface area (Å²) in [5.74, 6) is -0.837. The molecule has 0 aliphatic rings.